The number of halogens is 1. The molecule has 2 rings (SSSR count). The minimum absolute atomic E-state index is 0.110. The number of aromatic nitrogens is 1. The van der Waals surface area contributed by atoms with Crippen LogP contribution in [0.25, 0.3) is 0 Å². The Hall–Kier alpha value is -2.65. The number of nitro groups is 1. The zero-order valence-electron chi connectivity index (χ0n) is 10.3. The van der Waals surface area contributed by atoms with Crippen molar-refractivity contribution in [2.24, 2.45) is 0 Å². The molecular formula is C13H8ClN3O3. The second-order valence-corrected chi connectivity index (χ2v) is 4.34. The third-order valence-electron chi connectivity index (χ3n) is 2.49. The predicted octanol–water partition coefficient (Wildman–Crippen LogP) is 3.62. The molecule has 0 amide bonds. The summed E-state index contributed by atoms with van der Waals surface area (Å²) in [6, 6.07) is 7.89. The monoisotopic (exact) mass is 289 g/mol. The van der Waals surface area contributed by atoms with Gasteiger partial charge in [-0.3, -0.25) is 10.1 Å². The fraction of sp³-hybridized carbons (Fsp3) is 0.0769. The smallest absolute Gasteiger partial charge is 0.288 e. The van der Waals surface area contributed by atoms with Crippen LogP contribution in [0.3, 0.4) is 0 Å². The molecule has 100 valence electrons. The van der Waals surface area contributed by atoms with E-state index in [1.165, 1.54) is 12.1 Å². The number of ether oxygens (including phenoxy) is 1. The molecule has 0 N–H and O–H groups in total. The van der Waals surface area contributed by atoms with Crippen LogP contribution in [0, 0.1) is 28.4 Å². The number of hydrogen-bond donors (Lipinski definition) is 0. The van der Waals surface area contributed by atoms with E-state index in [2.05, 4.69) is 4.98 Å². The van der Waals surface area contributed by atoms with Gasteiger partial charge in [-0.2, -0.15) is 5.26 Å². The SMILES string of the molecule is Cc1cc([N+](=O)[O-])cnc1Oc1ccc(C#N)cc1Cl. The van der Waals surface area contributed by atoms with Crippen molar-refractivity contribution in [2.75, 3.05) is 0 Å². The van der Waals surface area contributed by atoms with Crippen LogP contribution in [-0.4, -0.2) is 9.91 Å². The Kier molecular flexibility index (Phi) is 3.82. The van der Waals surface area contributed by atoms with Crippen molar-refractivity contribution < 1.29 is 9.66 Å². The fourth-order valence-corrected chi connectivity index (χ4v) is 1.73. The van der Waals surface area contributed by atoms with Gasteiger partial charge >= 0.3 is 0 Å². The van der Waals surface area contributed by atoms with Crippen molar-refractivity contribution in [3.8, 4) is 17.7 Å². The van der Waals surface area contributed by atoms with E-state index in [4.69, 9.17) is 21.6 Å². The van der Waals surface area contributed by atoms with Gasteiger partial charge in [0, 0.05) is 11.6 Å². The molecule has 0 spiro atoms. The lowest BCUT2D eigenvalue weighted by Gasteiger charge is -2.08. The quantitative estimate of drug-likeness (QED) is 0.636. The molecule has 2 aromatic rings. The third-order valence-corrected chi connectivity index (χ3v) is 2.79. The largest absolute Gasteiger partial charge is 0.437 e. The lowest BCUT2D eigenvalue weighted by atomic mass is 10.2. The summed E-state index contributed by atoms with van der Waals surface area (Å²) in [4.78, 5) is 14.0. The number of hydrogen-bond acceptors (Lipinski definition) is 5. The Balaban J connectivity index is 2.31. The third kappa shape index (κ3) is 2.84. The number of rotatable bonds is 3. The molecule has 0 aliphatic carbocycles. The van der Waals surface area contributed by atoms with E-state index in [1.807, 2.05) is 6.07 Å². The maximum atomic E-state index is 10.6. The van der Waals surface area contributed by atoms with Crippen molar-refractivity contribution >= 4 is 17.3 Å². The first kappa shape index (κ1) is 13.8. The van der Waals surface area contributed by atoms with Gasteiger partial charge in [-0.15, -0.1) is 0 Å². The minimum atomic E-state index is -0.529. The molecule has 0 atom stereocenters. The molecule has 1 heterocycles. The molecular weight excluding hydrogens is 282 g/mol. The average molecular weight is 290 g/mol. The Morgan fingerprint density at radius 1 is 1.45 bits per heavy atom. The highest BCUT2D eigenvalue weighted by Gasteiger charge is 2.12. The summed E-state index contributed by atoms with van der Waals surface area (Å²) in [7, 11) is 0. The lowest BCUT2D eigenvalue weighted by molar-refractivity contribution is -0.385. The van der Waals surface area contributed by atoms with Gasteiger partial charge in [-0.25, -0.2) is 4.98 Å². The van der Waals surface area contributed by atoms with E-state index in [0.717, 1.165) is 6.20 Å². The van der Waals surface area contributed by atoms with Gasteiger partial charge in [0.15, 0.2) is 0 Å². The summed E-state index contributed by atoms with van der Waals surface area (Å²) >= 11 is 5.98. The summed E-state index contributed by atoms with van der Waals surface area (Å²) in [5.41, 5.74) is 0.816. The van der Waals surface area contributed by atoms with Crippen molar-refractivity contribution in [3.05, 3.63) is 56.7 Å². The normalized spacial score (nSPS) is 9.85. The molecule has 1 aromatic carbocycles. The predicted molar refractivity (Wildman–Crippen MR) is 71.9 cm³/mol. The molecule has 0 unspecified atom stereocenters. The molecule has 0 aliphatic heterocycles. The first-order chi connectivity index (χ1) is 9.51. The van der Waals surface area contributed by atoms with E-state index in [-0.39, 0.29) is 16.6 Å². The molecule has 1 aromatic heterocycles. The van der Waals surface area contributed by atoms with Crippen molar-refractivity contribution in [1.82, 2.24) is 4.98 Å². The standard InChI is InChI=1S/C13H8ClN3O3/c1-8-4-10(17(18)19)7-16-13(8)20-12-3-2-9(6-15)5-11(12)14/h2-5,7H,1H3. The first-order valence-corrected chi connectivity index (χ1v) is 5.87. The first-order valence-electron chi connectivity index (χ1n) is 5.50. The van der Waals surface area contributed by atoms with E-state index in [9.17, 15) is 10.1 Å². The van der Waals surface area contributed by atoms with Crippen LogP contribution in [-0.2, 0) is 0 Å². The summed E-state index contributed by atoms with van der Waals surface area (Å²) < 4.78 is 5.50. The van der Waals surface area contributed by atoms with Crippen LogP contribution in [0.2, 0.25) is 5.02 Å². The van der Waals surface area contributed by atoms with Gasteiger partial charge in [-0.05, 0) is 25.1 Å². The van der Waals surface area contributed by atoms with E-state index < -0.39 is 4.92 Å². The van der Waals surface area contributed by atoms with Crippen LogP contribution >= 0.6 is 11.6 Å². The second-order valence-electron chi connectivity index (χ2n) is 3.93. The minimum Gasteiger partial charge on any atom is -0.437 e. The van der Waals surface area contributed by atoms with Crippen LogP contribution in [0.5, 0.6) is 11.6 Å². The van der Waals surface area contributed by atoms with Gasteiger partial charge in [-0.1, -0.05) is 11.6 Å². The number of nitrogens with zero attached hydrogens (tertiary/aromatic N) is 3. The second kappa shape index (κ2) is 5.55. The summed E-state index contributed by atoms with van der Waals surface area (Å²) in [6.07, 6.45) is 1.11. The molecule has 20 heavy (non-hydrogen) atoms. The van der Waals surface area contributed by atoms with Crippen LogP contribution in [0.1, 0.15) is 11.1 Å². The molecule has 0 bridgehead atoms. The fourth-order valence-electron chi connectivity index (χ4n) is 1.51. The number of benzene rings is 1. The van der Waals surface area contributed by atoms with Gasteiger partial charge < -0.3 is 4.74 Å². The van der Waals surface area contributed by atoms with Gasteiger partial charge in [0.25, 0.3) is 5.69 Å². The van der Waals surface area contributed by atoms with E-state index >= 15 is 0 Å². The highest BCUT2D eigenvalue weighted by atomic mass is 35.5. The Morgan fingerprint density at radius 2 is 2.20 bits per heavy atom. The average Bonchev–Trinajstić information content (AvgIpc) is 2.42. The number of pyridine rings is 1. The maximum Gasteiger partial charge on any atom is 0.288 e. The number of aryl methyl sites for hydroxylation is 1. The van der Waals surface area contributed by atoms with Crippen LogP contribution in [0.15, 0.2) is 30.5 Å². The van der Waals surface area contributed by atoms with Gasteiger partial charge in [0.1, 0.15) is 11.9 Å². The van der Waals surface area contributed by atoms with Crippen molar-refractivity contribution in [1.29, 1.82) is 5.26 Å². The maximum absolute atomic E-state index is 10.6. The molecule has 7 heteroatoms. The van der Waals surface area contributed by atoms with Crippen LogP contribution in [0.4, 0.5) is 5.69 Å². The highest BCUT2D eigenvalue weighted by molar-refractivity contribution is 6.32. The Bertz CT molecular complexity index is 725. The topological polar surface area (TPSA) is 89.1 Å². The molecule has 6 nitrogen and oxygen atoms in total. The van der Waals surface area contributed by atoms with Gasteiger partial charge in [0.2, 0.25) is 5.88 Å². The highest BCUT2D eigenvalue weighted by Crippen LogP contribution is 2.31. The summed E-state index contributed by atoms with van der Waals surface area (Å²) in [6.45, 7) is 1.65. The van der Waals surface area contributed by atoms with Gasteiger partial charge in [0.05, 0.1) is 21.6 Å². The van der Waals surface area contributed by atoms with E-state index in [1.54, 1.807) is 19.1 Å². The number of nitriles is 1. The zero-order valence-corrected chi connectivity index (χ0v) is 11.1. The molecule has 0 saturated heterocycles. The Labute approximate surface area is 119 Å². The summed E-state index contributed by atoms with van der Waals surface area (Å²) in [5.74, 6) is 0.553. The Morgan fingerprint density at radius 3 is 2.75 bits per heavy atom. The van der Waals surface area contributed by atoms with Crippen LogP contribution < -0.4 is 4.74 Å². The zero-order chi connectivity index (χ0) is 14.7. The lowest BCUT2D eigenvalue weighted by Crippen LogP contribution is -1.95. The molecule has 0 aliphatic rings. The summed E-state index contributed by atoms with van der Waals surface area (Å²) in [5, 5.41) is 19.6. The molecule has 0 fully saturated rings. The van der Waals surface area contributed by atoms with Crippen molar-refractivity contribution in [2.45, 2.75) is 6.92 Å². The molecule has 0 saturated carbocycles. The van der Waals surface area contributed by atoms with Crippen molar-refractivity contribution in [3.63, 3.8) is 0 Å². The molecule has 0 radical (unpaired) electrons. The van der Waals surface area contributed by atoms with E-state index in [0.29, 0.717) is 16.9 Å².